The molecular formula is C19H27IN4O2S. The molecule has 1 heterocycles. The number of pyridine rings is 1. The summed E-state index contributed by atoms with van der Waals surface area (Å²) in [4.78, 5) is 8.51. The van der Waals surface area contributed by atoms with Gasteiger partial charge in [-0.1, -0.05) is 24.3 Å². The predicted octanol–water partition coefficient (Wildman–Crippen LogP) is 3.19. The molecule has 0 aliphatic carbocycles. The third-order valence-corrected chi connectivity index (χ3v) is 4.04. The lowest BCUT2D eigenvalue weighted by Crippen LogP contribution is -2.37. The van der Waals surface area contributed by atoms with E-state index in [4.69, 9.17) is 9.47 Å². The molecule has 0 spiro atoms. The second kappa shape index (κ2) is 14.4. The molecule has 0 atom stereocenters. The number of para-hydroxylation sites is 1. The molecule has 148 valence electrons. The summed E-state index contributed by atoms with van der Waals surface area (Å²) in [5, 5.41) is 6.52. The molecule has 0 aliphatic rings. The van der Waals surface area contributed by atoms with Crippen LogP contribution in [0.25, 0.3) is 0 Å². The highest BCUT2D eigenvalue weighted by Gasteiger charge is 2.00. The van der Waals surface area contributed by atoms with E-state index >= 15 is 0 Å². The zero-order valence-corrected chi connectivity index (χ0v) is 18.8. The topological polar surface area (TPSA) is 67.8 Å². The molecule has 1 aromatic carbocycles. The van der Waals surface area contributed by atoms with Gasteiger partial charge in [-0.25, -0.2) is 4.98 Å². The van der Waals surface area contributed by atoms with Crippen LogP contribution < -0.4 is 20.1 Å². The summed E-state index contributed by atoms with van der Waals surface area (Å²) in [6.07, 6.45) is 3.89. The summed E-state index contributed by atoms with van der Waals surface area (Å²) >= 11 is 1.80. The Balaban J connectivity index is 0.00000364. The summed E-state index contributed by atoms with van der Waals surface area (Å²) < 4.78 is 11.2. The first-order valence-electron chi connectivity index (χ1n) is 8.51. The van der Waals surface area contributed by atoms with E-state index in [1.807, 2.05) is 42.5 Å². The van der Waals surface area contributed by atoms with Crippen molar-refractivity contribution in [2.75, 3.05) is 38.8 Å². The lowest BCUT2D eigenvalue weighted by molar-refractivity contribution is 0.212. The first kappa shape index (κ1) is 23.4. The van der Waals surface area contributed by atoms with Crippen molar-refractivity contribution in [1.29, 1.82) is 0 Å². The average Bonchev–Trinajstić information content (AvgIpc) is 2.70. The number of hydrogen-bond acceptors (Lipinski definition) is 5. The Morgan fingerprint density at radius 2 is 1.85 bits per heavy atom. The summed E-state index contributed by atoms with van der Waals surface area (Å²) in [6, 6.07) is 13.5. The highest BCUT2D eigenvalue weighted by Crippen LogP contribution is 2.09. The van der Waals surface area contributed by atoms with Crippen LogP contribution in [0, 0.1) is 0 Å². The van der Waals surface area contributed by atoms with Crippen molar-refractivity contribution >= 4 is 41.7 Å². The molecule has 27 heavy (non-hydrogen) atoms. The smallest absolute Gasteiger partial charge is 0.213 e. The van der Waals surface area contributed by atoms with E-state index in [1.54, 1.807) is 25.0 Å². The Bertz CT molecular complexity index is 657. The number of nitrogens with zero attached hydrogens (tertiary/aromatic N) is 2. The molecule has 0 unspecified atom stereocenters. The predicted molar refractivity (Wildman–Crippen MR) is 124 cm³/mol. The minimum absolute atomic E-state index is 0. The Hall–Kier alpha value is -1.68. The zero-order chi connectivity index (χ0) is 18.5. The fourth-order valence-corrected chi connectivity index (χ4v) is 2.41. The van der Waals surface area contributed by atoms with Gasteiger partial charge in [0.15, 0.2) is 5.96 Å². The molecule has 2 aromatic rings. The van der Waals surface area contributed by atoms with E-state index in [2.05, 4.69) is 26.9 Å². The molecule has 0 saturated heterocycles. The number of aromatic nitrogens is 1. The lowest BCUT2D eigenvalue weighted by atomic mass is 10.3. The van der Waals surface area contributed by atoms with Crippen molar-refractivity contribution in [3.05, 3.63) is 54.2 Å². The van der Waals surface area contributed by atoms with Gasteiger partial charge in [-0.3, -0.25) is 4.99 Å². The van der Waals surface area contributed by atoms with E-state index < -0.39 is 0 Å². The molecule has 0 fully saturated rings. The normalized spacial score (nSPS) is 10.7. The lowest BCUT2D eigenvalue weighted by Gasteiger charge is -2.11. The molecule has 0 aliphatic heterocycles. The van der Waals surface area contributed by atoms with Crippen LogP contribution in [0.4, 0.5) is 0 Å². The van der Waals surface area contributed by atoms with E-state index in [-0.39, 0.29) is 24.0 Å². The van der Waals surface area contributed by atoms with Gasteiger partial charge in [-0.15, -0.1) is 24.0 Å². The van der Waals surface area contributed by atoms with Crippen LogP contribution in [0.2, 0.25) is 0 Å². The Morgan fingerprint density at radius 1 is 1.07 bits per heavy atom. The largest absolute Gasteiger partial charge is 0.490 e. The quantitative estimate of drug-likeness (QED) is 0.225. The Labute approximate surface area is 182 Å². The number of hydrogen-bond donors (Lipinski definition) is 2. The molecule has 0 saturated carbocycles. The Kier molecular flexibility index (Phi) is 12.4. The number of guanidine groups is 1. The molecule has 2 rings (SSSR count). The maximum Gasteiger partial charge on any atom is 0.213 e. The number of benzene rings is 1. The second-order valence-corrected chi connectivity index (χ2v) is 6.35. The molecule has 0 radical (unpaired) electrons. The van der Waals surface area contributed by atoms with Gasteiger partial charge in [0.25, 0.3) is 0 Å². The molecular weight excluding hydrogens is 475 g/mol. The minimum atomic E-state index is 0. The molecule has 2 N–H and O–H groups in total. The maximum atomic E-state index is 5.60. The van der Waals surface area contributed by atoms with Crippen molar-refractivity contribution in [3.63, 3.8) is 0 Å². The number of rotatable bonds is 10. The van der Waals surface area contributed by atoms with Gasteiger partial charge in [0.05, 0.1) is 0 Å². The van der Waals surface area contributed by atoms with E-state index in [9.17, 15) is 0 Å². The molecule has 0 bridgehead atoms. The average molecular weight is 502 g/mol. The third kappa shape index (κ3) is 9.71. The first-order valence-corrected chi connectivity index (χ1v) is 9.90. The van der Waals surface area contributed by atoms with Gasteiger partial charge in [0, 0.05) is 38.2 Å². The summed E-state index contributed by atoms with van der Waals surface area (Å²) in [5.74, 6) is 3.26. The van der Waals surface area contributed by atoms with Crippen molar-refractivity contribution in [3.8, 4) is 11.6 Å². The van der Waals surface area contributed by atoms with Crippen molar-refractivity contribution in [2.24, 2.45) is 4.99 Å². The highest BCUT2D eigenvalue weighted by molar-refractivity contribution is 14.0. The monoisotopic (exact) mass is 502 g/mol. The molecule has 1 aromatic heterocycles. The highest BCUT2D eigenvalue weighted by atomic mass is 127. The number of thioether (sulfide) groups is 1. The van der Waals surface area contributed by atoms with Gasteiger partial charge in [0.1, 0.15) is 19.0 Å². The number of ether oxygens (including phenoxy) is 2. The third-order valence-electron chi connectivity index (χ3n) is 3.43. The van der Waals surface area contributed by atoms with Gasteiger partial charge in [-0.05, 0) is 24.0 Å². The van der Waals surface area contributed by atoms with E-state index in [1.165, 1.54) is 0 Å². The van der Waals surface area contributed by atoms with Gasteiger partial charge in [0.2, 0.25) is 5.88 Å². The first-order chi connectivity index (χ1) is 12.8. The second-order valence-electron chi connectivity index (χ2n) is 5.36. The van der Waals surface area contributed by atoms with Crippen LogP contribution in [0.15, 0.2) is 53.7 Å². The SMILES string of the molecule is CN=C(NCCSC)NCc1ccc(OCCOc2ccccc2)nc1.I. The van der Waals surface area contributed by atoms with Crippen molar-refractivity contribution in [1.82, 2.24) is 15.6 Å². The van der Waals surface area contributed by atoms with Gasteiger partial charge >= 0.3 is 0 Å². The maximum absolute atomic E-state index is 5.60. The van der Waals surface area contributed by atoms with E-state index in [0.717, 1.165) is 29.6 Å². The molecule has 8 heteroatoms. The van der Waals surface area contributed by atoms with Crippen molar-refractivity contribution in [2.45, 2.75) is 6.54 Å². The van der Waals surface area contributed by atoms with Crippen LogP contribution in [-0.2, 0) is 6.54 Å². The number of aliphatic imine (C=N–C) groups is 1. The molecule has 6 nitrogen and oxygen atoms in total. The molecule has 0 amide bonds. The van der Waals surface area contributed by atoms with Gasteiger partial charge < -0.3 is 20.1 Å². The minimum Gasteiger partial charge on any atom is -0.490 e. The standard InChI is InChI=1S/C19H26N4O2S.HI/c1-20-19(21-10-13-26-2)23-15-16-8-9-18(22-14-16)25-12-11-24-17-6-4-3-5-7-17;/h3-9,14H,10-13,15H2,1-2H3,(H2,20,21,23);1H. The summed E-state index contributed by atoms with van der Waals surface area (Å²) in [5.41, 5.74) is 1.06. The Morgan fingerprint density at radius 3 is 2.52 bits per heavy atom. The van der Waals surface area contributed by atoms with Crippen LogP contribution in [0.5, 0.6) is 11.6 Å². The zero-order valence-electron chi connectivity index (χ0n) is 15.7. The fraction of sp³-hybridized carbons (Fsp3) is 0.368. The van der Waals surface area contributed by atoms with Crippen molar-refractivity contribution < 1.29 is 9.47 Å². The summed E-state index contributed by atoms with van der Waals surface area (Å²) in [7, 11) is 1.77. The van der Waals surface area contributed by atoms with Crippen LogP contribution >= 0.6 is 35.7 Å². The fourth-order valence-electron chi connectivity index (χ4n) is 2.10. The number of nitrogens with one attached hydrogen (secondary N) is 2. The summed E-state index contributed by atoms with van der Waals surface area (Å²) in [6.45, 7) is 2.47. The van der Waals surface area contributed by atoms with Crippen LogP contribution in [0.1, 0.15) is 5.56 Å². The van der Waals surface area contributed by atoms with E-state index in [0.29, 0.717) is 25.6 Å². The van der Waals surface area contributed by atoms with Crippen LogP contribution in [-0.4, -0.2) is 49.8 Å². The van der Waals surface area contributed by atoms with Crippen LogP contribution in [0.3, 0.4) is 0 Å². The van der Waals surface area contributed by atoms with Gasteiger partial charge in [-0.2, -0.15) is 11.8 Å². The number of halogens is 1.